The Bertz CT molecular complexity index is 674. The second kappa shape index (κ2) is 9.99. The Balaban J connectivity index is 2.13. The molecule has 136 valence electrons. The monoisotopic (exact) mass is 350 g/mol. The third-order valence-electron chi connectivity index (χ3n) is 3.83. The second-order valence-electron chi connectivity index (χ2n) is 5.65. The van der Waals surface area contributed by atoms with Crippen molar-refractivity contribution in [3.63, 3.8) is 0 Å². The van der Waals surface area contributed by atoms with Crippen molar-refractivity contribution in [2.45, 2.75) is 32.6 Å². The van der Waals surface area contributed by atoms with E-state index >= 15 is 0 Å². The van der Waals surface area contributed by atoms with Gasteiger partial charge in [-0.1, -0.05) is 24.6 Å². The molecule has 0 spiro atoms. The van der Waals surface area contributed by atoms with Gasteiger partial charge in [0.2, 0.25) is 5.82 Å². The molecule has 0 aliphatic heterocycles. The van der Waals surface area contributed by atoms with Crippen LogP contribution in [0.4, 0.5) is 8.78 Å². The zero-order chi connectivity index (χ0) is 18.1. The summed E-state index contributed by atoms with van der Waals surface area (Å²) >= 11 is 0. The topological polar surface area (TPSA) is 38.7 Å². The van der Waals surface area contributed by atoms with Gasteiger partial charge in [0.05, 0.1) is 13.2 Å². The number of hydrogen-bond acceptors (Lipinski definition) is 3. The van der Waals surface area contributed by atoms with Crippen molar-refractivity contribution in [3.05, 3.63) is 48.0 Å². The summed E-state index contributed by atoms with van der Waals surface area (Å²) < 4.78 is 39.4. The molecule has 0 radical (unpaired) electrons. The molecule has 2 aromatic carbocycles. The predicted octanol–water partition coefficient (Wildman–Crippen LogP) is 4.96. The standard InChI is InChI=1S/C20H24F2O3/c1-2-24-18-12-11-16(19(21)20(18)22)15-9-5-6-10-17(15)25-14-8-4-3-7-13-23/h5-6,9-12,23H,2-4,7-8,13-14H2,1H3. The van der Waals surface area contributed by atoms with Crippen LogP contribution in [-0.4, -0.2) is 24.9 Å². The fourth-order valence-electron chi connectivity index (χ4n) is 2.57. The summed E-state index contributed by atoms with van der Waals surface area (Å²) in [5.74, 6) is -1.50. The van der Waals surface area contributed by atoms with Crippen LogP contribution in [0, 0.1) is 11.6 Å². The smallest absolute Gasteiger partial charge is 0.201 e. The molecule has 0 atom stereocenters. The first-order valence-corrected chi connectivity index (χ1v) is 8.62. The van der Waals surface area contributed by atoms with E-state index in [0.29, 0.717) is 17.9 Å². The van der Waals surface area contributed by atoms with Gasteiger partial charge in [-0.25, -0.2) is 4.39 Å². The van der Waals surface area contributed by atoms with E-state index < -0.39 is 11.6 Å². The molecule has 5 heteroatoms. The minimum Gasteiger partial charge on any atom is -0.493 e. The molecule has 0 aliphatic rings. The Kier molecular flexibility index (Phi) is 7.67. The largest absolute Gasteiger partial charge is 0.493 e. The number of ether oxygens (including phenoxy) is 2. The Morgan fingerprint density at radius 3 is 2.32 bits per heavy atom. The number of unbranched alkanes of at least 4 members (excludes halogenated alkanes) is 3. The van der Waals surface area contributed by atoms with Crippen LogP contribution < -0.4 is 9.47 Å². The summed E-state index contributed by atoms with van der Waals surface area (Å²) in [5, 5.41) is 8.76. The van der Waals surface area contributed by atoms with E-state index in [2.05, 4.69) is 0 Å². The van der Waals surface area contributed by atoms with Crippen LogP contribution in [0.5, 0.6) is 11.5 Å². The maximum absolute atomic E-state index is 14.4. The summed E-state index contributed by atoms with van der Waals surface area (Å²) in [4.78, 5) is 0. The summed E-state index contributed by atoms with van der Waals surface area (Å²) in [7, 11) is 0. The summed E-state index contributed by atoms with van der Waals surface area (Å²) in [6, 6.07) is 9.95. The van der Waals surface area contributed by atoms with Crippen molar-refractivity contribution >= 4 is 0 Å². The highest BCUT2D eigenvalue weighted by Crippen LogP contribution is 2.35. The average Bonchev–Trinajstić information content (AvgIpc) is 2.63. The quantitative estimate of drug-likeness (QED) is 0.616. The van der Waals surface area contributed by atoms with Crippen LogP contribution in [0.25, 0.3) is 11.1 Å². The average molecular weight is 350 g/mol. The molecule has 0 fully saturated rings. The number of aliphatic hydroxyl groups excluding tert-OH is 1. The van der Waals surface area contributed by atoms with Crippen LogP contribution in [0.1, 0.15) is 32.6 Å². The first-order chi connectivity index (χ1) is 12.2. The van der Waals surface area contributed by atoms with E-state index in [-0.39, 0.29) is 24.5 Å². The lowest BCUT2D eigenvalue weighted by Crippen LogP contribution is -2.01. The minimum atomic E-state index is -0.988. The third-order valence-corrected chi connectivity index (χ3v) is 3.83. The first kappa shape index (κ1) is 19.2. The van der Waals surface area contributed by atoms with Crippen molar-refractivity contribution < 1.29 is 23.4 Å². The summed E-state index contributed by atoms with van der Waals surface area (Å²) in [6.45, 7) is 2.68. The van der Waals surface area contributed by atoms with Gasteiger partial charge in [-0.3, -0.25) is 0 Å². The van der Waals surface area contributed by atoms with Crippen molar-refractivity contribution in [1.29, 1.82) is 0 Å². The van der Waals surface area contributed by atoms with Crippen molar-refractivity contribution in [1.82, 2.24) is 0 Å². The normalized spacial score (nSPS) is 10.7. The number of rotatable bonds is 10. The van der Waals surface area contributed by atoms with Crippen molar-refractivity contribution in [3.8, 4) is 22.6 Å². The van der Waals surface area contributed by atoms with Gasteiger partial charge in [0.15, 0.2) is 11.6 Å². The first-order valence-electron chi connectivity index (χ1n) is 8.62. The molecule has 0 amide bonds. The molecule has 2 aromatic rings. The fourth-order valence-corrected chi connectivity index (χ4v) is 2.57. The molecule has 3 nitrogen and oxygen atoms in total. The number of para-hydroxylation sites is 1. The lowest BCUT2D eigenvalue weighted by atomic mass is 10.0. The Hall–Kier alpha value is -2.14. The second-order valence-corrected chi connectivity index (χ2v) is 5.65. The van der Waals surface area contributed by atoms with Crippen LogP contribution in [-0.2, 0) is 0 Å². The van der Waals surface area contributed by atoms with Crippen molar-refractivity contribution in [2.24, 2.45) is 0 Å². The summed E-state index contributed by atoms with van der Waals surface area (Å²) in [6.07, 6.45) is 3.52. The number of halogens is 2. The van der Waals surface area contributed by atoms with Crippen LogP contribution in [0.2, 0.25) is 0 Å². The predicted molar refractivity (Wildman–Crippen MR) is 94.0 cm³/mol. The lowest BCUT2D eigenvalue weighted by Gasteiger charge is -2.14. The Labute approximate surface area is 147 Å². The molecule has 1 N–H and O–H groups in total. The van der Waals surface area contributed by atoms with E-state index in [1.165, 1.54) is 12.1 Å². The van der Waals surface area contributed by atoms with Crippen LogP contribution in [0.3, 0.4) is 0 Å². The van der Waals surface area contributed by atoms with Gasteiger partial charge in [0, 0.05) is 17.7 Å². The zero-order valence-corrected chi connectivity index (χ0v) is 14.4. The molecule has 0 saturated heterocycles. The van der Waals surface area contributed by atoms with E-state index in [9.17, 15) is 8.78 Å². The van der Waals surface area contributed by atoms with E-state index in [4.69, 9.17) is 14.6 Å². The maximum atomic E-state index is 14.4. The maximum Gasteiger partial charge on any atom is 0.201 e. The molecule has 0 saturated carbocycles. The molecular formula is C20H24F2O3. The van der Waals surface area contributed by atoms with Gasteiger partial charge >= 0.3 is 0 Å². The highest BCUT2D eigenvalue weighted by atomic mass is 19.2. The summed E-state index contributed by atoms with van der Waals surface area (Å²) in [5.41, 5.74) is 0.661. The Morgan fingerprint density at radius 2 is 1.56 bits per heavy atom. The molecule has 25 heavy (non-hydrogen) atoms. The third kappa shape index (κ3) is 5.16. The molecule has 2 rings (SSSR count). The van der Waals surface area contributed by atoms with E-state index in [1.54, 1.807) is 31.2 Å². The van der Waals surface area contributed by atoms with Gasteiger partial charge in [0.25, 0.3) is 0 Å². The minimum absolute atomic E-state index is 0.0916. The number of aliphatic hydroxyl groups is 1. The van der Waals surface area contributed by atoms with Gasteiger partial charge in [0.1, 0.15) is 5.75 Å². The van der Waals surface area contributed by atoms with E-state index in [1.807, 2.05) is 0 Å². The fraction of sp³-hybridized carbons (Fsp3) is 0.400. The van der Waals surface area contributed by atoms with E-state index in [0.717, 1.165) is 25.7 Å². The van der Waals surface area contributed by atoms with Gasteiger partial charge in [-0.2, -0.15) is 4.39 Å². The molecule has 0 heterocycles. The molecule has 0 bridgehead atoms. The SMILES string of the molecule is CCOc1ccc(-c2ccccc2OCCCCCCO)c(F)c1F. The Morgan fingerprint density at radius 1 is 0.800 bits per heavy atom. The van der Waals surface area contributed by atoms with Crippen molar-refractivity contribution in [2.75, 3.05) is 19.8 Å². The highest BCUT2D eigenvalue weighted by Gasteiger charge is 2.18. The van der Waals surface area contributed by atoms with Gasteiger partial charge < -0.3 is 14.6 Å². The molecular weight excluding hydrogens is 326 g/mol. The van der Waals surface area contributed by atoms with Gasteiger partial charge in [-0.15, -0.1) is 0 Å². The number of benzene rings is 2. The number of hydrogen-bond donors (Lipinski definition) is 1. The lowest BCUT2D eigenvalue weighted by molar-refractivity contribution is 0.273. The molecule has 0 unspecified atom stereocenters. The molecule has 0 aromatic heterocycles. The molecule has 0 aliphatic carbocycles. The van der Waals surface area contributed by atoms with Gasteiger partial charge in [-0.05, 0) is 44.4 Å². The zero-order valence-electron chi connectivity index (χ0n) is 14.4. The van der Waals surface area contributed by atoms with Crippen LogP contribution in [0.15, 0.2) is 36.4 Å². The van der Waals surface area contributed by atoms with Crippen LogP contribution >= 0.6 is 0 Å². The highest BCUT2D eigenvalue weighted by molar-refractivity contribution is 5.71.